The minimum Gasteiger partial charge on any atom is -0.352 e. The number of rotatable bonds is 5. The molecule has 6 heteroatoms. The van der Waals surface area contributed by atoms with Crippen LogP contribution in [0.4, 0.5) is 4.39 Å². The molecule has 3 N–H and O–H groups in total. The van der Waals surface area contributed by atoms with Crippen LogP contribution < -0.4 is 11.1 Å². The van der Waals surface area contributed by atoms with E-state index in [1.54, 1.807) is 13.0 Å². The van der Waals surface area contributed by atoms with Crippen LogP contribution in [-0.4, -0.2) is 36.3 Å². The van der Waals surface area contributed by atoms with Gasteiger partial charge in [0.1, 0.15) is 5.82 Å². The van der Waals surface area contributed by atoms with Crippen molar-refractivity contribution in [3.05, 3.63) is 35.1 Å². The second-order valence-electron chi connectivity index (χ2n) is 7.93. The van der Waals surface area contributed by atoms with Crippen molar-refractivity contribution in [1.82, 2.24) is 10.2 Å². The third kappa shape index (κ3) is 4.67. The van der Waals surface area contributed by atoms with Gasteiger partial charge in [-0.1, -0.05) is 18.6 Å². The highest BCUT2D eigenvalue weighted by Gasteiger charge is 2.36. The molecule has 0 aromatic heterocycles. The summed E-state index contributed by atoms with van der Waals surface area (Å²) in [7, 11) is 0. The van der Waals surface area contributed by atoms with Gasteiger partial charge in [0.15, 0.2) is 0 Å². The summed E-state index contributed by atoms with van der Waals surface area (Å²) in [6.07, 6.45) is 4.43. The van der Waals surface area contributed by atoms with Crippen LogP contribution in [0.5, 0.6) is 0 Å². The number of amides is 2. The summed E-state index contributed by atoms with van der Waals surface area (Å²) in [5.41, 5.74) is 7.16. The van der Waals surface area contributed by atoms with Gasteiger partial charge in [-0.3, -0.25) is 9.59 Å². The van der Waals surface area contributed by atoms with Crippen molar-refractivity contribution in [3.8, 4) is 0 Å². The SMILES string of the molecule is Cc1ccc(CNC(=O)C2CCN(C(=O)[C@@H]3CCC[C@@H]3CN)CC2)cc1F. The summed E-state index contributed by atoms with van der Waals surface area (Å²) in [4.78, 5) is 27.1. The van der Waals surface area contributed by atoms with Crippen LogP contribution in [0.1, 0.15) is 43.2 Å². The van der Waals surface area contributed by atoms with Gasteiger partial charge in [0.05, 0.1) is 0 Å². The third-order valence-corrected chi connectivity index (χ3v) is 6.16. The van der Waals surface area contributed by atoms with Crippen molar-refractivity contribution in [3.63, 3.8) is 0 Å². The van der Waals surface area contributed by atoms with E-state index < -0.39 is 0 Å². The number of likely N-dealkylation sites (tertiary alicyclic amines) is 1. The molecule has 148 valence electrons. The van der Waals surface area contributed by atoms with Crippen LogP contribution in [-0.2, 0) is 16.1 Å². The van der Waals surface area contributed by atoms with Gasteiger partial charge < -0.3 is 16.0 Å². The van der Waals surface area contributed by atoms with Crippen LogP contribution in [0.2, 0.25) is 0 Å². The highest BCUT2D eigenvalue weighted by atomic mass is 19.1. The topological polar surface area (TPSA) is 75.4 Å². The Morgan fingerprint density at radius 3 is 2.63 bits per heavy atom. The van der Waals surface area contributed by atoms with Crippen molar-refractivity contribution in [2.45, 2.75) is 45.6 Å². The molecule has 1 saturated heterocycles. The Labute approximate surface area is 160 Å². The smallest absolute Gasteiger partial charge is 0.226 e. The standard InChI is InChI=1S/C21H30FN3O2/c1-14-5-6-15(11-19(14)22)13-24-20(26)16-7-9-25(10-8-16)21(27)18-4-2-3-17(18)12-23/h5-6,11,16-18H,2-4,7-10,12-13,23H2,1H3,(H,24,26)/t17-,18-/m1/s1. The molecule has 1 aromatic rings. The number of aryl methyl sites for hydroxylation is 1. The summed E-state index contributed by atoms with van der Waals surface area (Å²) < 4.78 is 13.6. The van der Waals surface area contributed by atoms with E-state index in [0.717, 1.165) is 24.8 Å². The summed E-state index contributed by atoms with van der Waals surface area (Å²) in [5.74, 6) is 0.250. The fourth-order valence-corrected chi connectivity index (χ4v) is 4.32. The largest absolute Gasteiger partial charge is 0.352 e. The van der Waals surface area contributed by atoms with Crippen LogP contribution in [0.3, 0.4) is 0 Å². The van der Waals surface area contributed by atoms with Gasteiger partial charge in [-0.15, -0.1) is 0 Å². The lowest BCUT2D eigenvalue weighted by molar-refractivity contribution is -0.140. The average Bonchev–Trinajstić information content (AvgIpc) is 3.17. The Balaban J connectivity index is 1.46. The first-order valence-electron chi connectivity index (χ1n) is 10.0. The number of benzene rings is 1. The molecule has 2 amide bonds. The van der Waals surface area contributed by atoms with Crippen molar-refractivity contribution in [2.75, 3.05) is 19.6 Å². The van der Waals surface area contributed by atoms with Gasteiger partial charge >= 0.3 is 0 Å². The Kier molecular flexibility index (Phi) is 6.47. The van der Waals surface area contributed by atoms with Gasteiger partial charge in [-0.25, -0.2) is 4.39 Å². The summed E-state index contributed by atoms with van der Waals surface area (Å²) in [6.45, 7) is 3.88. The van der Waals surface area contributed by atoms with Crippen molar-refractivity contribution in [2.24, 2.45) is 23.5 Å². The first-order chi connectivity index (χ1) is 13.0. The zero-order valence-electron chi connectivity index (χ0n) is 16.0. The number of carbonyl (C=O) groups is 2. The van der Waals surface area contributed by atoms with Gasteiger partial charge in [-0.05, 0) is 62.3 Å². The minimum absolute atomic E-state index is 0.0104. The molecule has 27 heavy (non-hydrogen) atoms. The van der Waals surface area contributed by atoms with Crippen molar-refractivity contribution in [1.29, 1.82) is 0 Å². The van der Waals surface area contributed by atoms with Crippen molar-refractivity contribution < 1.29 is 14.0 Å². The van der Waals surface area contributed by atoms with Crippen LogP contribution in [0, 0.1) is 30.5 Å². The molecule has 1 heterocycles. The zero-order chi connectivity index (χ0) is 19.4. The van der Waals surface area contributed by atoms with Gasteiger partial charge in [0, 0.05) is 31.5 Å². The quantitative estimate of drug-likeness (QED) is 0.830. The lowest BCUT2D eigenvalue weighted by Gasteiger charge is -2.34. The molecule has 2 atom stereocenters. The normalized spacial score (nSPS) is 23.4. The summed E-state index contributed by atoms with van der Waals surface area (Å²) in [6, 6.07) is 5.01. The second kappa shape index (κ2) is 8.83. The molecular weight excluding hydrogens is 345 g/mol. The molecule has 2 aliphatic rings. The summed E-state index contributed by atoms with van der Waals surface area (Å²) in [5, 5.41) is 2.91. The first-order valence-corrected chi connectivity index (χ1v) is 10.0. The molecule has 1 aromatic carbocycles. The van der Waals surface area contributed by atoms with E-state index in [9.17, 15) is 14.0 Å². The Morgan fingerprint density at radius 2 is 1.96 bits per heavy atom. The fourth-order valence-electron chi connectivity index (χ4n) is 4.32. The maximum atomic E-state index is 13.6. The number of piperidine rings is 1. The predicted octanol–water partition coefficient (Wildman–Crippen LogP) is 2.36. The van der Waals surface area contributed by atoms with E-state index >= 15 is 0 Å². The molecule has 5 nitrogen and oxygen atoms in total. The average molecular weight is 375 g/mol. The molecule has 2 fully saturated rings. The number of halogens is 1. The fraction of sp³-hybridized carbons (Fsp3) is 0.619. The van der Waals surface area contributed by atoms with Crippen LogP contribution >= 0.6 is 0 Å². The number of carbonyl (C=O) groups excluding carboxylic acids is 2. The molecule has 0 radical (unpaired) electrons. The van der Waals surface area contributed by atoms with Gasteiger partial charge in [-0.2, -0.15) is 0 Å². The second-order valence-corrected chi connectivity index (χ2v) is 7.93. The van der Waals surface area contributed by atoms with Crippen molar-refractivity contribution >= 4 is 11.8 Å². The van der Waals surface area contributed by atoms with E-state index in [0.29, 0.717) is 50.5 Å². The lowest BCUT2D eigenvalue weighted by atomic mass is 9.91. The number of hydrogen-bond donors (Lipinski definition) is 2. The predicted molar refractivity (Wildman–Crippen MR) is 102 cm³/mol. The van der Waals surface area contributed by atoms with E-state index in [4.69, 9.17) is 5.73 Å². The Morgan fingerprint density at radius 1 is 1.22 bits per heavy atom. The molecule has 1 aliphatic heterocycles. The molecular formula is C21H30FN3O2. The van der Waals surface area contributed by atoms with Crippen LogP contribution in [0.25, 0.3) is 0 Å². The van der Waals surface area contributed by atoms with E-state index in [-0.39, 0.29) is 29.5 Å². The molecule has 0 bridgehead atoms. The summed E-state index contributed by atoms with van der Waals surface area (Å²) >= 11 is 0. The molecule has 3 rings (SSSR count). The maximum absolute atomic E-state index is 13.6. The number of nitrogens with one attached hydrogen (secondary N) is 1. The number of nitrogens with zero attached hydrogens (tertiary/aromatic N) is 1. The third-order valence-electron chi connectivity index (χ3n) is 6.16. The number of hydrogen-bond acceptors (Lipinski definition) is 3. The van der Waals surface area contributed by atoms with Gasteiger partial charge in [0.2, 0.25) is 11.8 Å². The van der Waals surface area contributed by atoms with Gasteiger partial charge in [0.25, 0.3) is 0 Å². The molecule has 1 saturated carbocycles. The number of nitrogens with two attached hydrogens (primary N) is 1. The zero-order valence-corrected chi connectivity index (χ0v) is 16.0. The Bertz CT molecular complexity index is 686. The molecule has 0 spiro atoms. The first kappa shape index (κ1) is 19.8. The minimum atomic E-state index is -0.253. The van der Waals surface area contributed by atoms with E-state index in [1.807, 2.05) is 11.0 Å². The molecule has 1 aliphatic carbocycles. The molecule has 0 unspecified atom stereocenters. The Hall–Kier alpha value is -1.95. The van der Waals surface area contributed by atoms with Crippen LogP contribution in [0.15, 0.2) is 18.2 Å². The monoisotopic (exact) mass is 375 g/mol. The van der Waals surface area contributed by atoms with E-state index in [2.05, 4.69) is 5.32 Å². The maximum Gasteiger partial charge on any atom is 0.226 e. The lowest BCUT2D eigenvalue weighted by Crippen LogP contribution is -2.46. The highest BCUT2D eigenvalue weighted by molar-refractivity contribution is 5.81. The van der Waals surface area contributed by atoms with E-state index in [1.165, 1.54) is 6.07 Å². The highest BCUT2D eigenvalue weighted by Crippen LogP contribution is 2.33.